The van der Waals surface area contributed by atoms with Crippen LogP contribution in [0.3, 0.4) is 0 Å². The summed E-state index contributed by atoms with van der Waals surface area (Å²) in [5.41, 5.74) is 1.04. The highest BCUT2D eigenvalue weighted by molar-refractivity contribution is 5.72. The van der Waals surface area contributed by atoms with Gasteiger partial charge in [0.25, 0.3) is 0 Å². The third-order valence-electron chi connectivity index (χ3n) is 2.92. The first-order chi connectivity index (χ1) is 11.4. The largest absolute Gasteiger partial charge is 0.491 e. The van der Waals surface area contributed by atoms with E-state index in [1.807, 2.05) is 38.1 Å². The Morgan fingerprint density at radius 2 is 1.62 bits per heavy atom. The van der Waals surface area contributed by atoms with Gasteiger partial charge < -0.3 is 24.1 Å². The van der Waals surface area contributed by atoms with Crippen LogP contribution in [0, 0.1) is 0 Å². The molecule has 6 heteroatoms. The van der Waals surface area contributed by atoms with Gasteiger partial charge in [-0.2, -0.15) is 0 Å². The lowest BCUT2D eigenvalue weighted by Crippen LogP contribution is -2.32. The molecular weight excluding hydrogens is 312 g/mol. The quantitative estimate of drug-likeness (QED) is 0.590. The molecule has 0 radical (unpaired) electrons. The number of carboxylic acid groups (broad SMARTS) is 1. The van der Waals surface area contributed by atoms with Gasteiger partial charge in [-0.15, -0.1) is 0 Å². The highest BCUT2D eigenvalue weighted by atomic mass is 16.6. The molecule has 1 unspecified atom stereocenters. The Morgan fingerprint density at radius 3 is 2.17 bits per heavy atom. The van der Waals surface area contributed by atoms with E-state index >= 15 is 0 Å². The zero-order chi connectivity index (χ0) is 17.9. The van der Waals surface area contributed by atoms with Crippen molar-refractivity contribution in [1.29, 1.82) is 0 Å². The molecule has 0 fully saturated rings. The maximum Gasteiger partial charge on any atom is 0.335 e. The van der Waals surface area contributed by atoms with Crippen molar-refractivity contribution in [2.24, 2.45) is 0 Å². The molecule has 24 heavy (non-hydrogen) atoms. The first-order valence-electron chi connectivity index (χ1n) is 8.17. The summed E-state index contributed by atoms with van der Waals surface area (Å²) in [4.78, 5) is 11.0. The van der Waals surface area contributed by atoms with Crippen LogP contribution >= 0.6 is 0 Å². The van der Waals surface area contributed by atoms with Crippen LogP contribution in [0.1, 0.15) is 33.3 Å². The molecule has 0 saturated heterocycles. The number of aliphatic carboxylic acids is 1. The third-order valence-corrected chi connectivity index (χ3v) is 2.92. The van der Waals surface area contributed by atoms with Crippen LogP contribution in [0.4, 0.5) is 0 Å². The highest BCUT2D eigenvalue weighted by Gasteiger charge is 2.19. The van der Waals surface area contributed by atoms with E-state index in [4.69, 9.17) is 24.1 Å². The minimum Gasteiger partial charge on any atom is -0.491 e. The molecule has 1 atom stereocenters. The molecule has 1 rings (SSSR count). The molecule has 0 saturated carbocycles. The zero-order valence-corrected chi connectivity index (χ0v) is 14.9. The summed E-state index contributed by atoms with van der Waals surface area (Å²) in [6.45, 7) is 8.73. The Hall–Kier alpha value is -1.63. The number of benzene rings is 1. The van der Waals surface area contributed by atoms with E-state index in [0.29, 0.717) is 19.8 Å². The zero-order valence-electron chi connectivity index (χ0n) is 14.9. The number of ether oxygens (including phenoxy) is 4. The topological polar surface area (TPSA) is 74.2 Å². The van der Waals surface area contributed by atoms with Crippen molar-refractivity contribution < 1.29 is 28.8 Å². The van der Waals surface area contributed by atoms with E-state index in [2.05, 4.69) is 0 Å². The predicted octanol–water partition coefficient (Wildman–Crippen LogP) is 2.89. The van der Waals surface area contributed by atoms with E-state index in [-0.39, 0.29) is 18.8 Å². The first-order valence-corrected chi connectivity index (χ1v) is 8.17. The number of hydrogen-bond donors (Lipinski definition) is 1. The van der Waals surface area contributed by atoms with Crippen molar-refractivity contribution in [3.05, 3.63) is 29.8 Å². The molecule has 6 nitrogen and oxygen atoms in total. The maximum atomic E-state index is 11.0. The van der Waals surface area contributed by atoms with E-state index in [9.17, 15) is 4.79 Å². The molecule has 1 aromatic carbocycles. The lowest BCUT2D eigenvalue weighted by atomic mass is 10.2. The molecule has 0 aliphatic rings. The van der Waals surface area contributed by atoms with Crippen molar-refractivity contribution in [2.45, 2.75) is 52.6 Å². The molecule has 1 aromatic rings. The fourth-order valence-corrected chi connectivity index (χ4v) is 1.93. The van der Waals surface area contributed by atoms with Gasteiger partial charge >= 0.3 is 5.97 Å². The standard InChI is InChI=1S/C18H28O6/c1-13(2)23-16-7-5-15(6-8-16)11-21-9-10-22-12-17(18(19)20)24-14(3)4/h5-8,13-14,17H,9-12H2,1-4H3,(H,19,20). The lowest BCUT2D eigenvalue weighted by molar-refractivity contribution is -0.158. The van der Waals surface area contributed by atoms with Gasteiger partial charge in [0.1, 0.15) is 5.75 Å². The van der Waals surface area contributed by atoms with Crippen LogP contribution < -0.4 is 4.74 Å². The Balaban J connectivity index is 2.18. The van der Waals surface area contributed by atoms with Crippen LogP contribution in [0.5, 0.6) is 5.75 Å². The summed E-state index contributed by atoms with van der Waals surface area (Å²) in [6.07, 6.45) is -0.953. The van der Waals surface area contributed by atoms with Gasteiger partial charge in [-0.3, -0.25) is 0 Å². The molecule has 0 bridgehead atoms. The van der Waals surface area contributed by atoms with Crippen LogP contribution in [0.15, 0.2) is 24.3 Å². The molecule has 136 valence electrons. The Bertz CT molecular complexity index is 469. The minimum atomic E-state index is -1.02. The second-order valence-corrected chi connectivity index (χ2v) is 5.95. The molecule has 0 amide bonds. The van der Waals surface area contributed by atoms with Gasteiger partial charge in [0.15, 0.2) is 6.10 Å². The minimum absolute atomic E-state index is 0.0120. The molecule has 1 N–H and O–H groups in total. The van der Waals surface area contributed by atoms with Gasteiger partial charge in [0.2, 0.25) is 0 Å². The number of rotatable bonds is 12. The van der Waals surface area contributed by atoms with Gasteiger partial charge in [-0.05, 0) is 45.4 Å². The average molecular weight is 340 g/mol. The molecular formula is C18H28O6. The summed E-state index contributed by atoms with van der Waals surface area (Å²) in [7, 11) is 0. The van der Waals surface area contributed by atoms with Gasteiger partial charge in [-0.1, -0.05) is 12.1 Å². The average Bonchev–Trinajstić information content (AvgIpc) is 2.50. The number of carboxylic acids is 1. The second-order valence-electron chi connectivity index (χ2n) is 5.95. The van der Waals surface area contributed by atoms with Gasteiger partial charge in [0, 0.05) is 0 Å². The molecule has 0 aliphatic carbocycles. The number of hydrogen-bond acceptors (Lipinski definition) is 5. The summed E-state index contributed by atoms with van der Waals surface area (Å²) in [5.74, 6) is -0.185. The predicted molar refractivity (Wildman–Crippen MR) is 90.3 cm³/mol. The van der Waals surface area contributed by atoms with E-state index < -0.39 is 12.1 Å². The normalized spacial score (nSPS) is 12.6. The monoisotopic (exact) mass is 340 g/mol. The maximum absolute atomic E-state index is 11.0. The summed E-state index contributed by atoms with van der Waals surface area (Å²) in [6, 6.07) is 7.73. The van der Waals surface area contributed by atoms with Crippen LogP contribution in [-0.4, -0.2) is 49.2 Å². The molecule has 0 aromatic heterocycles. The van der Waals surface area contributed by atoms with Crippen molar-refractivity contribution in [3.63, 3.8) is 0 Å². The van der Waals surface area contributed by atoms with Crippen molar-refractivity contribution in [3.8, 4) is 5.75 Å². The molecule has 0 aliphatic heterocycles. The van der Waals surface area contributed by atoms with E-state index in [1.165, 1.54) is 0 Å². The smallest absolute Gasteiger partial charge is 0.335 e. The third kappa shape index (κ3) is 8.86. The van der Waals surface area contributed by atoms with Crippen molar-refractivity contribution >= 4 is 5.97 Å². The fourth-order valence-electron chi connectivity index (χ4n) is 1.93. The fraction of sp³-hybridized carbons (Fsp3) is 0.611. The SMILES string of the molecule is CC(C)Oc1ccc(COCCOCC(OC(C)C)C(=O)O)cc1. The highest BCUT2D eigenvalue weighted by Crippen LogP contribution is 2.14. The van der Waals surface area contributed by atoms with Gasteiger partial charge in [0.05, 0.1) is 38.6 Å². The molecule has 0 spiro atoms. The summed E-state index contributed by atoms with van der Waals surface area (Å²) < 4.78 is 21.6. The Labute approximate surface area is 143 Å². The van der Waals surface area contributed by atoms with E-state index in [0.717, 1.165) is 11.3 Å². The van der Waals surface area contributed by atoms with Crippen molar-refractivity contribution in [2.75, 3.05) is 19.8 Å². The lowest BCUT2D eigenvalue weighted by Gasteiger charge is -2.16. The van der Waals surface area contributed by atoms with Crippen LogP contribution in [-0.2, 0) is 25.6 Å². The Morgan fingerprint density at radius 1 is 1.00 bits per heavy atom. The first kappa shape index (κ1) is 20.4. The summed E-state index contributed by atoms with van der Waals surface area (Å²) >= 11 is 0. The Kier molecular flexibility index (Phi) is 9.37. The number of carbonyl (C=O) groups is 1. The van der Waals surface area contributed by atoms with Crippen LogP contribution in [0.25, 0.3) is 0 Å². The molecule has 0 heterocycles. The van der Waals surface area contributed by atoms with Crippen molar-refractivity contribution in [1.82, 2.24) is 0 Å². The van der Waals surface area contributed by atoms with E-state index in [1.54, 1.807) is 13.8 Å². The second kappa shape index (κ2) is 11.0. The summed E-state index contributed by atoms with van der Waals surface area (Å²) in [5, 5.41) is 9.00. The van der Waals surface area contributed by atoms with Gasteiger partial charge in [-0.25, -0.2) is 4.79 Å². The van der Waals surface area contributed by atoms with Crippen LogP contribution in [0.2, 0.25) is 0 Å².